The van der Waals surface area contributed by atoms with Gasteiger partial charge in [-0.25, -0.2) is 0 Å². The molecule has 1 unspecified atom stereocenters. The normalized spacial score (nSPS) is 22.4. The Morgan fingerprint density at radius 2 is 1.96 bits per heavy atom. The van der Waals surface area contributed by atoms with Crippen molar-refractivity contribution in [2.45, 2.75) is 33.2 Å². The average Bonchev–Trinajstić information content (AvgIpc) is 2.59. The summed E-state index contributed by atoms with van der Waals surface area (Å²) in [6.45, 7) is 8.16. The number of amides is 2. The summed E-state index contributed by atoms with van der Waals surface area (Å²) < 4.78 is 5.16. The molecule has 26 heavy (non-hydrogen) atoms. The highest BCUT2D eigenvalue weighted by Gasteiger charge is 2.32. The quantitative estimate of drug-likeness (QED) is 0.795. The van der Waals surface area contributed by atoms with Crippen molar-refractivity contribution in [3.05, 3.63) is 24.3 Å². The molecule has 1 aliphatic rings. The van der Waals surface area contributed by atoms with Gasteiger partial charge in [-0.15, -0.1) is 0 Å². The summed E-state index contributed by atoms with van der Waals surface area (Å²) in [7, 11) is 3.49. The van der Waals surface area contributed by atoms with Gasteiger partial charge in [0, 0.05) is 24.8 Å². The Morgan fingerprint density at radius 3 is 2.58 bits per heavy atom. The van der Waals surface area contributed by atoms with E-state index < -0.39 is 0 Å². The van der Waals surface area contributed by atoms with E-state index in [0.717, 1.165) is 18.0 Å². The van der Waals surface area contributed by atoms with Gasteiger partial charge in [-0.2, -0.15) is 0 Å². The van der Waals surface area contributed by atoms with Crippen molar-refractivity contribution < 1.29 is 19.2 Å². The summed E-state index contributed by atoms with van der Waals surface area (Å²) >= 11 is 0. The van der Waals surface area contributed by atoms with Crippen LogP contribution >= 0.6 is 0 Å². The Morgan fingerprint density at radius 1 is 1.31 bits per heavy atom. The molecule has 1 aromatic carbocycles. The first-order valence-corrected chi connectivity index (χ1v) is 9.35. The zero-order valence-corrected chi connectivity index (χ0v) is 16.5. The number of likely N-dealkylation sites (tertiary alicyclic amines) is 1. The molecule has 144 valence electrons. The van der Waals surface area contributed by atoms with E-state index in [9.17, 15) is 9.59 Å². The van der Waals surface area contributed by atoms with Gasteiger partial charge in [0.25, 0.3) is 11.8 Å². The predicted molar refractivity (Wildman–Crippen MR) is 102 cm³/mol. The van der Waals surface area contributed by atoms with Gasteiger partial charge in [0.15, 0.2) is 12.6 Å². The molecule has 0 bridgehead atoms. The van der Waals surface area contributed by atoms with Crippen LogP contribution in [0.3, 0.4) is 0 Å². The minimum atomic E-state index is -0.247. The van der Waals surface area contributed by atoms with E-state index in [1.165, 1.54) is 6.42 Å². The van der Waals surface area contributed by atoms with Gasteiger partial charge >= 0.3 is 0 Å². The smallest absolute Gasteiger partial charge is 0.280 e. The van der Waals surface area contributed by atoms with Crippen LogP contribution in [-0.4, -0.2) is 56.5 Å². The van der Waals surface area contributed by atoms with E-state index in [0.29, 0.717) is 23.3 Å². The summed E-state index contributed by atoms with van der Waals surface area (Å²) in [6, 6.07) is 7.01. The molecule has 1 aromatic rings. The second kappa shape index (κ2) is 9.03. The molecule has 1 aliphatic heterocycles. The lowest BCUT2D eigenvalue weighted by molar-refractivity contribution is -0.886. The molecule has 6 nitrogen and oxygen atoms in total. The van der Waals surface area contributed by atoms with Gasteiger partial charge in [0.05, 0.1) is 14.2 Å². The van der Waals surface area contributed by atoms with Crippen LogP contribution in [0.25, 0.3) is 0 Å². The zero-order valence-electron chi connectivity index (χ0n) is 16.5. The highest BCUT2D eigenvalue weighted by molar-refractivity contribution is 5.91. The number of hydrogen-bond donors (Lipinski definition) is 2. The number of carbonyl (C=O) groups excluding carboxylic acids is 2. The standard InChI is InChI=1S/C20H31N3O3/c1-14-9-15(2)12-23(11-14)20(25)16(3)22(4)13-19(24)21-17-7-6-8-18(10-17)26-5/h6-8,10,14-16H,9,11-13H2,1-5H3,(H,21,24)/p+1/t14-,15+,16-/m1/s1. The van der Waals surface area contributed by atoms with Crippen LogP contribution in [0, 0.1) is 11.8 Å². The van der Waals surface area contributed by atoms with E-state index >= 15 is 0 Å². The van der Waals surface area contributed by atoms with E-state index in [1.807, 2.05) is 37.1 Å². The predicted octanol–water partition coefficient (Wildman–Crippen LogP) is 1.04. The molecule has 6 heteroatoms. The van der Waals surface area contributed by atoms with E-state index in [4.69, 9.17) is 4.74 Å². The lowest BCUT2D eigenvalue weighted by atomic mass is 9.91. The van der Waals surface area contributed by atoms with Crippen LogP contribution in [-0.2, 0) is 9.59 Å². The van der Waals surface area contributed by atoms with Crippen LogP contribution in [0.15, 0.2) is 24.3 Å². The topological polar surface area (TPSA) is 63.1 Å². The molecule has 1 fully saturated rings. The number of benzene rings is 1. The van der Waals surface area contributed by atoms with Crippen LogP contribution in [0.2, 0.25) is 0 Å². The van der Waals surface area contributed by atoms with E-state index in [1.54, 1.807) is 13.2 Å². The molecule has 1 saturated heterocycles. The molecule has 2 N–H and O–H groups in total. The third-order valence-corrected chi connectivity index (χ3v) is 5.08. The third kappa shape index (κ3) is 5.46. The number of hydrogen-bond acceptors (Lipinski definition) is 3. The first-order valence-electron chi connectivity index (χ1n) is 9.35. The Kier molecular flexibility index (Phi) is 7.03. The fourth-order valence-corrected chi connectivity index (χ4v) is 3.64. The number of nitrogens with one attached hydrogen (secondary N) is 2. The number of likely N-dealkylation sites (N-methyl/N-ethyl adjacent to an activating group) is 1. The Hall–Kier alpha value is -2.08. The maximum Gasteiger partial charge on any atom is 0.280 e. The molecular formula is C20H32N3O3+. The number of quaternary nitrogens is 1. The summed E-state index contributed by atoms with van der Waals surface area (Å²) in [6.07, 6.45) is 1.17. The largest absolute Gasteiger partial charge is 0.497 e. The molecule has 0 spiro atoms. The first kappa shape index (κ1) is 20.2. The summed E-state index contributed by atoms with van der Waals surface area (Å²) in [5.41, 5.74) is 0.694. The molecule has 0 aliphatic carbocycles. The van der Waals surface area contributed by atoms with Gasteiger partial charge in [0.1, 0.15) is 5.75 Å². The molecular weight excluding hydrogens is 330 g/mol. The maximum atomic E-state index is 12.8. The summed E-state index contributed by atoms with van der Waals surface area (Å²) in [5, 5.41) is 2.87. The first-order chi connectivity index (χ1) is 12.3. The molecule has 4 atom stereocenters. The third-order valence-electron chi connectivity index (χ3n) is 5.08. The van der Waals surface area contributed by atoms with Crippen molar-refractivity contribution in [1.29, 1.82) is 0 Å². The van der Waals surface area contributed by atoms with Crippen LogP contribution in [0.5, 0.6) is 5.75 Å². The SMILES string of the molecule is COc1cccc(NC(=O)C[NH+](C)[C@H](C)C(=O)N2C[C@H](C)C[C@H](C)C2)c1. The fourth-order valence-electron chi connectivity index (χ4n) is 3.64. The number of nitrogens with zero attached hydrogens (tertiary/aromatic N) is 1. The van der Waals surface area contributed by atoms with Gasteiger partial charge < -0.3 is 19.9 Å². The van der Waals surface area contributed by atoms with Crippen molar-refractivity contribution in [2.24, 2.45) is 11.8 Å². The maximum absolute atomic E-state index is 12.8. The summed E-state index contributed by atoms with van der Waals surface area (Å²) in [4.78, 5) is 28.0. The second-order valence-electron chi connectivity index (χ2n) is 7.71. The number of anilines is 1. The summed E-state index contributed by atoms with van der Waals surface area (Å²) in [5.74, 6) is 1.78. The molecule has 1 heterocycles. The monoisotopic (exact) mass is 362 g/mol. The average molecular weight is 362 g/mol. The van der Waals surface area contributed by atoms with Crippen LogP contribution in [0.1, 0.15) is 27.2 Å². The number of ether oxygens (including phenoxy) is 1. The number of rotatable bonds is 6. The van der Waals surface area contributed by atoms with Crippen molar-refractivity contribution in [3.63, 3.8) is 0 Å². The van der Waals surface area contributed by atoms with Gasteiger partial charge in [0.2, 0.25) is 0 Å². The highest BCUT2D eigenvalue weighted by Crippen LogP contribution is 2.21. The van der Waals surface area contributed by atoms with Gasteiger partial charge in [-0.05, 0) is 37.3 Å². The van der Waals surface area contributed by atoms with Crippen molar-refractivity contribution in [1.82, 2.24) is 4.90 Å². The molecule has 0 saturated carbocycles. The highest BCUT2D eigenvalue weighted by atomic mass is 16.5. The Labute approximate surface area is 156 Å². The number of piperidine rings is 1. The van der Waals surface area contributed by atoms with Gasteiger partial charge in [-0.1, -0.05) is 19.9 Å². The van der Waals surface area contributed by atoms with Gasteiger partial charge in [-0.3, -0.25) is 9.59 Å². The lowest BCUT2D eigenvalue weighted by Gasteiger charge is -2.36. The van der Waals surface area contributed by atoms with E-state index in [-0.39, 0.29) is 24.4 Å². The lowest BCUT2D eigenvalue weighted by Crippen LogP contribution is -3.15. The molecule has 2 rings (SSSR count). The Balaban J connectivity index is 1.89. The zero-order chi connectivity index (χ0) is 19.3. The van der Waals surface area contributed by atoms with Crippen LogP contribution < -0.4 is 15.0 Å². The van der Waals surface area contributed by atoms with Crippen LogP contribution in [0.4, 0.5) is 5.69 Å². The number of methoxy groups -OCH3 is 1. The molecule has 0 aromatic heterocycles. The fraction of sp³-hybridized carbons (Fsp3) is 0.600. The molecule has 2 amide bonds. The minimum Gasteiger partial charge on any atom is -0.497 e. The van der Waals surface area contributed by atoms with Crippen molar-refractivity contribution in [3.8, 4) is 5.75 Å². The van der Waals surface area contributed by atoms with Crippen molar-refractivity contribution >= 4 is 17.5 Å². The van der Waals surface area contributed by atoms with E-state index in [2.05, 4.69) is 19.2 Å². The molecule has 0 radical (unpaired) electrons. The Bertz CT molecular complexity index is 624. The minimum absolute atomic E-state index is 0.115. The second-order valence-corrected chi connectivity index (χ2v) is 7.71. The number of carbonyl (C=O) groups is 2. The van der Waals surface area contributed by atoms with Crippen molar-refractivity contribution in [2.75, 3.05) is 39.1 Å².